The second-order valence-corrected chi connectivity index (χ2v) is 4.57. The highest BCUT2D eigenvalue weighted by atomic mass is 19.1. The predicted molar refractivity (Wildman–Crippen MR) is 67.0 cm³/mol. The molecule has 1 aliphatic heterocycles. The number of nitrogens with one attached hydrogen (secondary N) is 1. The zero-order valence-electron chi connectivity index (χ0n) is 10.3. The largest absolute Gasteiger partial charge is 0.370 e. The summed E-state index contributed by atoms with van der Waals surface area (Å²) >= 11 is 0. The van der Waals surface area contributed by atoms with Crippen LogP contribution in [0.4, 0.5) is 4.39 Å². The van der Waals surface area contributed by atoms with Crippen LogP contribution in [0.15, 0.2) is 24.3 Å². The Balaban J connectivity index is 1.76. The van der Waals surface area contributed by atoms with E-state index >= 15 is 0 Å². The lowest BCUT2D eigenvalue weighted by Crippen LogP contribution is -2.33. The zero-order chi connectivity index (χ0) is 12.8. The Morgan fingerprint density at radius 3 is 2.78 bits per heavy atom. The molecule has 0 radical (unpaired) electrons. The maximum atomic E-state index is 13.3. The molecule has 0 aliphatic carbocycles. The number of hydrogen-bond acceptors (Lipinski definition) is 3. The highest BCUT2D eigenvalue weighted by Crippen LogP contribution is 2.10. The fraction of sp³-hybridized carbons (Fsp3) is 0.500. The summed E-state index contributed by atoms with van der Waals surface area (Å²) in [5.41, 5.74) is 0.441. The smallest absolute Gasteiger partial charge is 0.162 e. The lowest BCUT2D eigenvalue weighted by molar-refractivity contribution is -0.125. The number of piperidine rings is 1. The van der Waals surface area contributed by atoms with E-state index in [1.165, 1.54) is 6.07 Å². The van der Waals surface area contributed by atoms with Crippen molar-refractivity contribution in [2.75, 3.05) is 19.7 Å². The van der Waals surface area contributed by atoms with Crippen LogP contribution in [-0.4, -0.2) is 31.6 Å². The summed E-state index contributed by atoms with van der Waals surface area (Å²) in [6, 6.07) is 6.36. The molecule has 0 bridgehead atoms. The molecule has 3 nitrogen and oxygen atoms in total. The molecular weight excluding hydrogens is 233 g/mol. The monoisotopic (exact) mass is 251 g/mol. The third kappa shape index (κ3) is 3.89. The van der Waals surface area contributed by atoms with Gasteiger partial charge >= 0.3 is 0 Å². The van der Waals surface area contributed by atoms with Crippen LogP contribution in [0.1, 0.15) is 18.4 Å². The van der Waals surface area contributed by atoms with Crippen LogP contribution in [-0.2, 0) is 16.0 Å². The third-order valence-electron chi connectivity index (χ3n) is 3.11. The van der Waals surface area contributed by atoms with Gasteiger partial charge < -0.3 is 10.1 Å². The van der Waals surface area contributed by atoms with Crippen LogP contribution in [0.5, 0.6) is 0 Å². The summed E-state index contributed by atoms with van der Waals surface area (Å²) in [4.78, 5) is 11.7. The van der Waals surface area contributed by atoms with Gasteiger partial charge in [-0.2, -0.15) is 0 Å². The Morgan fingerprint density at radius 2 is 2.06 bits per heavy atom. The van der Waals surface area contributed by atoms with Crippen molar-refractivity contribution in [2.24, 2.45) is 0 Å². The summed E-state index contributed by atoms with van der Waals surface area (Å²) in [6.45, 7) is 1.96. The molecule has 98 valence electrons. The highest BCUT2D eigenvalue weighted by Gasteiger charge is 2.15. The van der Waals surface area contributed by atoms with Gasteiger partial charge in [0, 0.05) is 6.42 Å². The number of Topliss-reactive ketones (excluding diaryl/α,β-unsaturated/α-hetero) is 1. The summed E-state index contributed by atoms with van der Waals surface area (Å²) in [5, 5.41) is 3.24. The minimum Gasteiger partial charge on any atom is -0.370 e. The molecule has 1 aromatic carbocycles. The molecule has 0 atom stereocenters. The first kappa shape index (κ1) is 13.2. The summed E-state index contributed by atoms with van der Waals surface area (Å²) < 4.78 is 18.9. The van der Waals surface area contributed by atoms with Gasteiger partial charge in [-0.05, 0) is 37.6 Å². The van der Waals surface area contributed by atoms with Crippen molar-refractivity contribution in [2.45, 2.75) is 25.4 Å². The Bertz CT molecular complexity index is 403. The standard InChI is InChI=1S/C14H18FNO2/c15-14-4-2-1-3-11(14)9-12(17)10-18-13-5-7-16-8-6-13/h1-4,13,16H,5-10H2. The molecule has 4 heteroatoms. The summed E-state index contributed by atoms with van der Waals surface area (Å²) in [5.74, 6) is -0.397. The Labute approximate surface area is 106 Å². The van der Waals surface area contributed by atoms with E-state index in [-0.39, 0.29) is 30.7 Å². The Kier molecular flexibility index (Phi) is 4.84. The third-order valence-corrected chi connectivity index (χ3v) is 3.11. The number of carbonyl (C=O) groups excluding carboxylic acids is 1. The first-order valence-corrected chi connectivity index (χ1v) is 6.33. The maximum Gasteiger partial charge on any atom is 0.162 e. The van der Waals surface area contributed by atoms with Gasteiger partial charge in [0.25, 0.3) is 0 Å². The molecule has 1 aromatic rings. The van der Waals surface area contributed by atoms with Crippen LogP contribution >= 0.6 is 0 Å². The number of carbonyl (C=O) groups is 1. The Hall–Kier alpha value is -1.26. The zero-order valence-corrected chi connectivity index (χ0v) is 10.3. The summed E-state index contributed by atoms with van der Waals surface area (Å²) in [6.07, 6.45) is 2.15. The minimum absolute atomic E-state index is 0.0707. The average molecular weight is 251 g/mol. The molecule has 1 fully saturated rings. The van der Waals surface area contributed by atoms with E-state index in [1.807, 2.05) is 0 Å². The van der Waals surface area contributed by atoms with Gasteiger partial charge in [0.15, 0.2) is 5.78 Å². The van der Waals surface area contributed by atoms with E-state index in [0.717, 1.165) is 25.9 Å². The van der Waals surface area contributed by atoms with E-state index in [1.54, 1.807) is 18.2 Å². The van der Waals surface area contributed by atoms with Gasteiger partial charge in [0.05, 0.1) is 6.10 Å². The molecule has 0 spiro atoms. The van der Waals surface area contributed by atoms with E-state index in [0.29, 0.717) is 5.56 Å². The molecule has 2 rings (SSSR count). The second kappa shape index (κ2) is 6.61. The number of halogens is 1. The van der Waals surface area contributed by atoms with E-state index in [9.17, 15) is 9.18 Å². The van der Waals surface area contributed by atoms with Gasteiger partial charge in [0.1, 0.15) is 12.4 Å². The number of hydrogen-bond donors (Lipinski definition) is 1. The number of benzene rings is 1. The van der Waals surface area contributed by atoms with Crippen LogP contribution in [0.2, 0.25) is 0 Å². The highest BCUT2D eigenvalue weighted by molar-refractivity contribution is 5.82. The first-order valence-electron chi connectivity index (χ1n) is 6.33. The summed E-state index contributed by atoms with van der Waals surface area (Å²) in [7, 11) is 0. The quantitative estimate of drug-likeness (QED) is 0.865. The van der Waals surface area contributed by atoms with Gasteiger partial charge in [-0.25, -0.2) is 4.39 Å². The van der Waals surface area contributed by atoms with E-state index < -0.39 is 0 Å². The maximum absolute atomic E-state index is 13.3. The van der Waals surface area contributed by atoms with Crippen molar-refractivity contribution >= 4 is 5.78 Å². The van der Waals surface area contributed by atoms with Crippen LogP contribution < -0.4 is 5.32 Å². The van der Waals surface area contributed by atoms with Gasteiger partial charge in [0.2, 0.25) is 0 Å². The van der Waals surface area contributed by atoms with Crippen LogP contribution in [0, 0.1) is 5.82 Å². The van der Waals surface area contributed by atoms with Crippen LogP contribution in [0.3, 0.4) is 0 Å². The van der Waals surface area contributed by atoms with Gasteiger partial charge in [-0.1, -0.05) is 18.2 Å². The van der Waals surface area contributed by atoms with Crippen molar-refractivity contribution in [1.82, 2.24) is 5.32 Å². The fourth-order valence-corrected chi connectivity index (χ4v) is 2.08. The van der Waals surface area contributed by atoms with Crippen molar-refractivity contribution in [3.05, 3.63) is 35.6 Å². The molecule has 0 unspecified atom stereocenters. The minimum atomic E-state index is -0.326. The Morgan fingerprint density at radius 1 is 1.33 bits per heavy atom. The van der Waals surface area contributed by atoms with Gasteiger partial charge in [-0.15, -0.1) is 0 Å². The van der Waals surface area contributed by atoms with Crippen molar-refractivity contribution in [1.29, 1.82) is 0 Å². The van der Waals surface area contributed by atoms with Crippen molar-refractivity contribution in [3.8, 4) is 0 Å². The van der Waals surface area contributed by atoms with Crippen LogP contribution in [0.25, 0.3) is 0 Å². The van der Waals surface area contributed by atoms with Gasteiger partial charge in [-0.3, -0.25) is 4.79 Å². The van der Waals surface area contributed by atoms with E-state index in [2.05, 4.69) is 5.32 Å². The van der Waals surface area contributed by atoms with Crippen molar-refractivity contribution < 1.29 is 13.9 Å². The number of rotatable bonds is 5. The average Bonchev–Trinajstić information content (AvgIpc) is 2.40. The molecule has 1 N–H and O–H groups in total. The molecule has 1 saturated heterocycles. The molecular formula is C14H18FNO2. The molecule has 18 heavy (non-hydrogen) atoms. The number of ether oxygens (including phenoxy) is 1. The number of ketones is 1. The molecule has 0 amide bonds. The second-order valence-electron chi connectivity index (χ2n) is 4.57. The molecule has 1 aliphatic rings. The fourth-order valence-electron chi connectivity index (χ4n) is 2.08. The predicted octanol–water partition coefficient (Wildman–Crippen LogP) is 1.71. The molecule has 0 saturated carbocycles. The molecule has 1 heterocycles. The molecule has 0 aromatic heterocycles. The first-order chi connectivity index (χ1) is 8.75. The topological polar surface area (TPSA) is 38.3 Å². The normalized spacial score (nSPS) is 16.7. The lowest BCUT2D eigenvalue weighted by Gasteiger charge is -2.22. The van der Waals surface area contributed by atoms with Crippen molar-refractivity contribution in [3.63, 3.8) is 0 Å². The van der Waals surface area contributed by atoms with E-state index in [4.69, 9.17) is 4.74 Å². The lowest BCUT2D eigenvalue weighted by atomic mass is 10.1. The SMILES string of the molecule is O=C(COC1CCNCC1)Cc1ccccc1F.